The number of carbonyl (C=O) groups is 2. The van der Waals surface area contributed by atoms with Crippen LogP contribution < -0.4 is 14.8 Å². The number of amides is 1. The molecule has 0 spiro atoms. The summed E-state index contributed by atoms with van der Waals surface area (Å²) in [6.07, 6.45) is 4.50. The summed E-state index contributed by atoms with van der Waals surface area (Å²) in [5.41, 5.74) is 5.85. The Bertz CT molecular complexity index is 1600. The van der Waals surface area contributed by atoms with E-state index in [0.29, 0.717) is 17.5 Å². The van der Waals surface area contributed by atoms with Crippen molar-refractivity contribution in [1.29, 1.82) is 0 Å². The maximum Gasteiger partial charge on any atom is 0.339 e. The SMILES string of the molecule is CC(NC(=O)COC(=O)c1c2c(nc3ccccc13)/C(=C/c1ccc3c(c1)OCO3)CCC2)c1ccccc1. The molecule has 3 aromatic carbocycles. The summed E-state index contributed by atoms with van der Waals surface area (Å²) in [5, 5.41) is 3.62. The molecule has 2 heterocycles. The molecule has 0 saturated carbocycles. The molecule has 4 aromatic rings. The van der Waals surface area contributed by atoms with E-state index in [-0.39, 0.29) is 25.3 Å². The number of esters is 1. The normalized spacial score (nSPS) is 15.6. The molecule has 1 atom stereocenters. The third-order valence-electron chi connectivity index (χ3n) is 7.12. The summed E-state index contributed by atoms with van der Waals surface area (Å²) < 4.78 is 16.6. The maximum atomic E-state index is 13.5. The van der Waals surface area contributed by atoms with E-state index in [1.54, 1.807) is 0 Å². The van der Waals surface area contributed by atoms with Crippen molar-refractivity contribution in [3.63, 3.8) is 0 Å². The van der Waals surface area contributed by atoms with E-state index in [0.717, 1.165) is 57.7 Å². The monoisotopic (exact) mass is 520 g/mol. The Morgan fingerprint density at radius 1 is 1.00 bits per heavy atom. The van der Waals surface area contributed by atoms with Crippen molar-refractivity contribution < 1.29 is 23.8 Å². The number of benzene rings is 3. The zero-order valence-electron chi connectivity index (χ0n) is 21.6. The van der Waals surface area contributed by atoms with Crippen molar-refractivity contribution in [1.82, 2.24) is 10.3 Å². The molecule has 1 N–H and O–H groups in total. The second-order valence-electron chi connectivity index (χ2n) is 9.74. The van der Waals surface area contributed by atoms with Gasteiger partial charge in [0.1, 0.15) is 0 Å². The fraction of sp³-hybridized carbons (Fsp3) is 0.219. The minimum atomic E-state index is -0.517. The maximum absolute atomic E-state index is 13.5. The highest BCUT2D eigenvalue weighted by Crippen LogP contribution is 2.38. The lowest BCUT2D eigenvalue weighted by atomic mass is 9.86. The molecule has 7 heteroatoms. The number of nitrogens with one attached hydrogen (secondary N) is 1. The van der Waals surface area contributed by atoms with E-state index in [4.69, 9.17) is 19.2 Å². The zero-order valence-corrected chi connectivity index (χ0v) is 21.6. The first-order valence-corrected chi connectivity index (χ1v) is 13.1. The molecule has 0 fully saturated rings. The summed E-state index contributed by atoms with van der Waals surface area (Å²) >= 11 is 0. The zero-order chi connectivity index (χ0) is 26.8. The molecule has 1 aliphatic carbocycles. The largest absolute Gasteiger partial charge is 0.454 e. The average Bonchev–Trinajstić information content (AvgIpc) is 3.43. The minimum Gasteiger partial charge on any atom is -0.454 e. The van der Waals surface area contributed by atoms with Crippen LogP contribution in [-0.2, 0) is 16.0 Å². The molecule has 0 bridgehead atoms. The highest BCUT2D eigenvalue weighted by Gasteiger charge is 2.27. The van der Waals surface area contributed by atoms with E-state index >= 15 is 0 Å². The quantitative estimate of drug-likeness (QED) is 0.320. The van der Waals surface area contributed by atoms with E-state index < -0.39 is 5.97 Å². The van der Waals surface area contributed by atoms with Gasteiger partial charge in [0.15, 0.2) is 18.1 Å². The molecule has 1 unspecified atom stereocenters. The average molecular weight is 521 g/mol. The van der Waals surface area contributed by atoms with Crippen molar-refractivity contribution in [2.75, 3.05) is 13.4 Å². The van der Waals surface area contributed by atoms with Crippen LogP contribution in [0.2, 0.25) is 0 Å². The number of rotatable bonds is 6. The van der Waals surface area contributed by atoms with Crippen molar-refractivity contribution in [3.8, 4) is 11.5 Å². The number of pyridine rings is 1. The number of nitrogens with zero attached hydrogens (tertiary/aromatic N) is 1. The van der Waals surface area contributed by atoms with E-state index in [1.165, 1.54) is 0 Å². The molecule has 2 aliphatic rings. The summed E-state index contributed by atoms with van der Waals surface area (Å²) in [5.74, 6) is 0.584. The van der Waals surface area contributed by atoms with Crippen LogP contribution in [0.15, 0.2) is 72.8 Å². The first kappa shape index (κ1) is 24.7. The predicted octanol–water partition coefficient (Wildman–Crippen LogP) is 5.87. The number of carbonyl (C=O) groups excluding carboxylic acids is 2. The molecule has 1 aliphatic heterocycles. The highest BCUT2D eigenvalue weighted by molar-refractivity contribution is 6.07. The Morgan fingerprint density at radius 3 is 2.67 bits per heavy atom. The van der Waals surface area contributed by atoms with Crippen LogP contribution in [0.3, 0.4) is 0 Å². The molecule has 6 rings (SSSR count). The standard InChI is InChI=1S/C32H28N2O5/c1-20(22-8-3-2-4-9-22)33-29(35)18-37-32(36)30-24-11-5-6-13-26(24)34-31-23(10-7-12-25(30)31)16-21-14-15-27-28(17-21)39-19-38-27/h2-6,8-9,11,13-17,20H,7,10,12,18-19H2,1H3,(H,33,35)/b23-16+. The van der Waals surface area contributed by atoms with Gasteiger partial charge in [-0.1, -0.05) is 54.6 Å². The number of ether oxygens (including phenoxy) is 3. The Balaban J connectivity index is 1.28. The number of hydrogen-bond donors (Lipinski definition) is 1. The molecular weight excluding hydrogens is 492 g/mol. The van der Waals surface area contributed by atoms with Crippen LogP contribution >= 0.6 is 0 Å². The Morgan fingerprint density at radius 2 is 1.79 bits per heavy atom. The van der Waals surface area contributed by atoms with Gasteiger partial charge in [0.2, 0.25) is 6.79 Å². The molecular formula is C32H28N2O5. The summed E-state index contributed by atoms with van der Waals surface area (Å²) in [4.78, 5) is 31.1. The number of hydrogen-bond acceptors (Lipinski definition) is 6. The minimum absolute atomic E-state index is 0.198. The smallest absolute Gasteiger partial charge is 0.339 e. The first-order chi connectivity index (χ1) is 19.1. The van der Waals surface area contributed by atoms with Gasteiger partial charge in [0.05, 0.1) is 22.8 Å². The number of para-hydroxylation sites is 1. The predicted molar refractivity (Wildman–Crippen MR) is 148 cm³/mol. The van der Waals surface area contributed by atoms with Gasteiger partial charge < -0.3 is 19.5 Å². The summed E-state index contributed by atoms with van der Waals surface area (Å²) in [6, 6.07) is 22.9. The van der Waals surface area contributed by atoms with Crippen LogP contribution in [0, 0.1) is 0 Å². The molecule has 39 heavy (non-hydrogen) atoms. The molecule has 196 valence electrons. The molecule has 0 saturated heterocycles. The second-order valence-corrected chi connectivity index (χ2v) is 9.74. The number of fused-ring (bicyclic) bond motifs is 3. The highest BCUT2D eigenvalue weighted by atomic mass is 16.7. The van der Waals surface area contributed by atoms with Crippen LogP contribution in [0.5, 0.6) is 11.5 Å². The third kappa shape index (κ3) is 5.08. The number of allylic oxidation sites excluding steroid dienone is 1. The Kier molecular flexibility index (Phi) is 6.71. The first-order valence-electron chi connectivity index (χ1n) is 13.1. The van der Waals surface area contributed by atoms with Gasteiger partial charge in [-0.05, 0) is 72.7 Å². The lowest BCUT2D eigenvalue weighted by Crippen LogP contribution is -2.31. The van der Waals surface area contributed by atoms with Crippen LogP contribution in [-0.4, -0.2) is 30.3 Å². The van der Waals surface area contributed by atoms with Crippen molar-refractivity contribution in [2.24, 2.45) is 0 Å². The van der Waals surface area contributed by atoms with Gasteiger partial charge >= 0.3 is 5.97 Å². The Hall–Kier alpha value is -4.65. The van der Waals surface area contributed by atoms with Gasteiger partial charge in [-0.25, -0.2) is 9.78 Å². The lowest BCUT2D eigenvalue weighted by Gasteiger charge is -2.22. The topological polar surface area (TPSA) is 86.8 Å². The molecule has 1 amide bonds. The third-order valence-corrected chi connectivity index (χ3v) is 7.12. The van der Waals surface area contributed by atoms with E-state index in [9.17, 15) is 9.59 Å². The number of aromatic nitrogens is 1. The van der Waals surface area contributed by atoms with Gasteiger partial charge in [0, 0.05) is 5.39 Å². The Labute approximate surface area is 226 Å². The molecule has 7 nitrogen and oxygen atoms in total. The van der Waals surface area contributed by atoms with Gasteiger partial charge in [0.25, 0.3) is 5.91 Å². The lowest BCUT2D eigenvalue weighted by molar-refractivity contribution is -0.124. The summed E-state index contributed by atoms with van der Waals surface area (Å²) in [6.45, 7) is 1.76. The fourth-order valence-electron chi connectivity index (χ4n) is 5.22. The van der Waals surface area contributed by atoms with Crippen LogP contribution in [0.4, 0.5) is 0 Å². The fourth-order valence-corrected chi connectivity index (χ4v) is 5.22. The summed E-state index contributed by atoms with van der Waals surface area (Å²) in [7, 11) is 0. The van der Waals surface area contributed by atoms with Crippen LogP contribution in [0.25, 0.3) is 22.6 Å². The van der Waals surface area contributed by atoms with Crippen molar-refractivity contribution in [2.45, 2.75) is 32.2 Å². The van der Waals surface area contributed by atoms with Crippen molar-refractivity contribution in [3.05, 3.63) is 101 Å². The van der Waals surface area contributed by atoms with Gasteiger partial charge in [-0.2, -0.15) is 0 Å². The molecule has 1 aromatic heterocycles. The van der Waals surface area contributed by atoms with E-state index in [1.807, 2.05) is 79.7 Å². The van der Waals surface area contributed by atoms with Gasteiger partial charge in [-0.3, -0.25) is 4.79 Å². The van der Waals surface area contributed by atoms with Crippen LogP contribution in [0.1, 0.15) is 58.5 Å². The molecule has 0 radical (unpaired) electrons. The second kappa shape index (κ2) is 10.6. The van der Waals surface area contributed by atoms with Crippen molar-refractivity contribution >= 4 is 34.4 Å². The van der Waals surface area contributed by atoms with E-state index in [2.05, 4.69) is 11.4 Å². The van der Waals surface area contributed by atoms with Gasteiger partial charge in [-0.15, -0.1) is 0 Å².